The van der Waals surface area contributed by atoms with Crippen molar-refractivity contribution >= 4 is 17.3 Å². The first-order valence-corrected chi connectivity index (χ1v) is 6.28. The second-order valence-corrected chi connectivity index (χ2v) is 5.40. The highest BCUT2D eigenvalue weighted by atomic mass is 32.1. The number of aromatic carboxylic acids is 1. The molecule has 0 unspecified atom stereocenters. The predicted octanol–water partition coefficient (Wildman–Crippen LogP) is 1.96. The van der Waals surface area contributed by atoms with E-state index in [9.17, 15) is 4.79 Å². The molecule has 1 aromatic heterocycles. The van der Waals surface area contributed by atoms with Gasteiger partial charge in [0.05, 0.1) is 10.7 Å². The Kier molecular flexibility index (Phi) is 3.25. The zero-order chi connectivity index (χ0) is 11.7. The average Bonchev–Trinajstić information content (AvgIpc) is 2.60. The molecule has 1 atom stereocenters. The van der Waals surface area contributed by atoms with Crippen molar-refractivity contribution in [2.75, 3.05) is 20.1 Å². The van der Waals surface area contributed by atoms with Gasteiger partial charge in [-0.2, -0.15) is 0 Å². The maximum atomic E-state index is 10.9. The van der Waals surface area contributed by atoms with Gasteiger partial charge in [-0.05, 0) is 33.4 Å². The van der Waals surface area contributed by atoms with Gasteiger partial charge in [-0.15, -0.1) is 11.3 Å². The van der Waals surface area contributed by atoms with Crippen LogP contribution in [0.3, 0.4) is 0 Å². The lowest BCUT2D eigenvalue weighted by atomic mass is 9.99. The van der Waals surface area contributed by atoms with Crippen molar-refractivity contribution in [2.45, 2.75) is 25.7 Å². The van der Waals surface area contributed by atoms with E-state index in [0.717, 1.165) is 24.5 Å². The van der Waals surface area contributed by atoms with Crippen molar-refractivity contribution < 1.29 is 9.90 Å². The fourth-order valence-corrected chi connectivity index (χ4v) is 3.19. The standard InChI is InChI=1S/C11H16N2O2S/c1-7-9(11(14)15)16-10(12-7)8-4-3-5-13(2)6-8/h8H,3-6H2,1-2H3,(H,14,15)/t8-/m0/s1. The molecule has 0 aliphatic carbocycles. The van der Waals surface area contributed by atoms with Crippen LogP contribution in [0, 0.1) is 6.92 Å². The van der Waals surface area contributed by atoms with Crippen LogP contribution in [0.5, 0.6) is 0 Å². The van der Waals surface area contributed by atoms with Crippen LogP contribution in [-0.4, -0.2) is 41.1 Å². The lowest BCUT2D eigenvalue weighted by molar-refractivity contribution is 0.0701. The normalized spacial score (nSPS) is 22.2. The van der Waals surface area contributed by atoms with E-state index >= 15 is 0 Å². The Hall–Kier alpha value is -0.940. The van der Waals surface area contributed by atoms with E-state index in [1.807, 2.05) is 0 Å². The summed E-state index contributed by atoms with van der Waals surface area (Å²) in [6.45, 7) is 3.90. The van der Waals surface area contributed by atoms with E-state index < -0.39 is 5.97 Å². The summed E-state index contributed by atoms with van der Waals surface area (Å²) in [5.74, 6) is -0.444. The SMILES string of the molecule is Cc1nc([C@H]2CCCN(C)C2)sc1C(=O)O. The van der Waals surface area contributed by atoms with Gasteiger partial charge in [0, 0.05) is 12.5 Å². The Labute approximate surface area is 98.9 Å². The fourth-order valence-electron chi connectivity index (χ4n) is 2.16. The Balaban J connectivity index is 2.20. The van der Waals surface area contributed by atoms with Crippen LogP contribution in [-0.2, 0) is 0 Å². The molecule has 0 spiro atoms. The molecule has 1 aliphatic rings. The lowest BCUT2D eigenvalue weighted by Gasteiger charge is -2.28. The van der Waals surface area contributed by atoms with Crippen LogP contribution in [0.1, 0.15) is 39.1 Å². The minimum Gasteiger partial charge on any atom is -0.477 e. The minimum absolute atomic E-state index is 0.392. The average molecular weight is 240 g/mol. The predicted molar refractivity (Wildman–Crippen MR) is 63.3 cm³/mol. The number of likely N-dealkylation sites (tertiary alicyclic amines) is 1. The summed E-state index contributed by atoms with van der Waals surface area (Å²) in [6.07, 6.45) is 2.29. The second kappa shape index (κ2) is 4.51. The number of rotatable bonds is 2. The van der Waals surface area contributed by atoms with Gasteiger partial charge in [0.2, 0.25) is 0 Å². The number of nitrogens with zero attached hydrogens (tertiary/aromatic N) is 2. The van der Waals surface area contributed by atoms with E-state index in [-0.39, 0.29) is 0 Å². The summed E-state index contributed by atoms with van der Waals surface area (Å²) >= 11 is 1.34. The molecule has 1 N–H and O–H groups in total. The Bertz CT molecular complexity index is 403. The quantitative estimate of drug-likeness (QED) is 0.858. The number of hydrogen-bond acceptors (Lipinski definition) is 4. The molecule has 1 saturated heterocycles. The highest BCUT2D eigenvalue weighted by molar-refractivity contribution is 7.13. The van der Waals surface area contributed by atoms with Crippen molar-refractivity contribution in [3.8, 4) is 0 Å². The molecule has 1 aliphatic heterocycles. The number of carboxylic acid groups (broad SMARTS) is 1. The van der Waals surface area contributed by atoms with Crippen LogP contribution in [0.4, 0.5) is 0 Å². The maximum absolute atomic E-state index is 10.9. The van der Waals surface area contributed by atoms with Gasteiger partial charge in [-0.3, -0.25) is 0 Å². The minimum atomic E-state index is -0.856. The molecule has 0 saturated carbocycles. The maximum Gasteiger partial charge on any atom is 0.347 e. The highest BCUT2D eigenvalue weighted by Crippen LogP contribution is 2.31. The van der Waals surface area contributed by atoms with E-state index in [2.05, 4.69) is 16.9 Å². The van der Waals surface area contributed by atoms with Crippen LogP contribution >= 0.6 is 11.3 Å². The van der Waals surface area contributed by atoms with Crippen LogP contribution in [0.2, 0.25) is 0 Å². The summed E-state index contributed by atoms with van der Waals surface area (Å²) in [7, 11) is 2.10. The Morgan fingerprint density at radius 2 is 2.38 bits per heavy atom. The van der Waals surface area contributed by atoms with E-state index in [1.54, 1.807) is 6.92 Å². The molecule has 0 bridgehead atoms. The number of carbonyl (C=O) groups is 1. The lowest BCUT2D eigenvalue weighted by Crippen LogP contribution is -2.30. The molecule has 16 heavy (non-hydrogen) atoms. The molecule has 4 nitrogen and oxygen atoms in total. The van der Waals surface area contributed by atoms with Gasteiger partial charge in [0.25, 0.3) is 0 Å². The Morgan fingerprint density at radius 1 is 1.62 bits per heavy atom. The second-order valence-electron chi connectivity index (χ2n) is 4.37. The van der Waals surface area contributed by atoms with Gasteiger partial charge in [0.1, 0.15) is 4.88 Å². The van der Waals surface area contributed by atoms with Crippen molar-refractivity contribution in [3.63, 3.8) is 0 Å². The summed E-state index contributed by atoms with van der Waals surface area (Å²) in [4.78, 5) is 18.0. The van der Waals surface area contributed by atoms with Crippen LogP contribution in [0.15, 0.2) is 0 Å². The van der Waals surface area contributed by atoms with Gasteiger partial charge in [-0.25, -0.2) is 9.78 Å². The van der Waals surface area contributed by atoms with Gasteiger partial charge >= 0.3 is 5.97 Å². The summed E-state index contributed by atoms with van der Waals surface area (Å²) < 4.78 is 0. The van der Waals surface area contributed by atoms with Crippen LogP contribution < -0.4 is 0 Å². The molecule has 1 aromatic rings. The summed E-state index contributed by atoms with van der Waals surface area (Å²) in [6, 6.07) is 0. The Morgan fingerprint density at radius 3 is 2.94 bits per heavy atom. The van der Waals surface area contributed by atoms with E-state index in [0.29, 0.717) is 16.5 Å². The third-order valence-electron chi connectivity index (χ3n) is 2.98. The first-order valence-electron chi connectivity index (χ1n) is 5.47. The number of aromatic nitrogens is 1. The molecule has 2 rings (SSSR count). The van der Waals surface area contributed by atoms with E-state index in [4.69, 9.17) is 5.11 Å². The van der Waals surface area contributed by atoms with Gasteiger partial charge in [0.15, 0.2) is 0 Å². The molecule has 88 valence electrons. The van der Waals surface area contributed by atoms with Gasteiger partial charge < -0.3 is 10.0 Å². The number of thiazole rings is 1. The van der Waals surface area contributed by atoms with Gasteiger partial charge in [-0.1, -0.05) is 0 Å². The third-order valence-corrected chi connectivity index (χ3v) is 4.29. The van der Waals surface area contributed by atoms with Crippen LogP contribution in [0.25, 0.3) is 0 Å². The zero-order valence-electron chi connectivity index (χ0n) is 9.56. The topological polar surface area (TPSA) is 53.4 Å². The third kappa shape index (κ3) is 2.25. The first kappa shape index (κ1) is 11.5. The fraction of sp³-hybridized carbons (Fsp3) is 0.636. The number of hydrogen-bond donors (Lipinski definition) is 1. The largest absolute Gasteiger partial charge is 0.477 e. The monoisotopic (exact) mass is 240 g/mol. The van der Waals surface area contributed by atoms with E-state index in [1.165, 1.54) is 17.8 Å². The van der Waals surface area contributed by atoms with Crippen molar-refractivity contribution in [2.24, 2.45) is 0 Å². The summed E-state index contributed by atoms with van der Waals surface area (Å²) in [5.41, 5.74) is 0.653. The highest BCUT2D eigenvalue weighted by Gasteiger charge is 2.24. The molecular formula is C11H16N2O2S. The number of piperidine rings is 1. The van der Waals surface area contributed by atoms with Crippen molar-refractivity contribution in [3.05, 3.63) is 15.6 Å². The molecule has 2 heterocycles. The number of carboxylic acids is 1. The smallest absolute Gasteiger partial charge is 0.347 e. The molecule has 5 heteroatoms. The molecular weight excluding hydrogens is 224 g/mol. The summed E-state index contributed by atoms with van der Waals surface area (Å²) in [5, 5.41) is 9.98. The molecule has 0 radical (unpaired) electrons. The van der Waals surface area contributed by atoms with Crippen molar-refractivity contribution in [1.82, 2.24) is 9.88 Å². The number of aryl methyl sites for hydroxylation is 1. The molecule has 0 aromatic carbocycles. The van der Waals surface area contributed by atoms with Crippen molar-refractivity contribution in [1.29, 1.82) is 0 Å². The molecule has 1 fully saturated rings. The zero-order valence-corrected chi connectivity index (χ0v) is 10.4. The number of likely N-dealkylation sites (N-methyl/N-ethyl adjacent to an activating group) is 1. The molecule has 0 amide bonds. The first-order chi connectivity index (χ1) is 7.58.